The van der Waals surface area contributed by atoms with Crippen molar-refractivity contribution in [3.05, 3.63) is 0 Å². The Balaban J connectivity index is 1.76. The summed E-state index contributed by atoms with van der Waals surface area (Å²) in [7, 11) is 1.66. The molecule has 0 aromatic carbocycles. The molecule has 0 aromatic heterocycles. The summed E-state index contributed by atoms with van der Waals surface area (Å²) < 4.78 is 27.6. The van der Waals surface area contributed by atoms with Gasteiger partial charge in [0, 0.05) is 79.2 Å². The first-order valence-electron chi connectivity index (χ1n) is 21.6. The van der Waals surface area contributed by atoms with Crippen molar-refractivity contribution in [2.45, 2.75) is 171 Å². The van der Waals surface area contributed by atoms with Crippen molar-refractivity contribution in [1.29, 1.82) is 0 Å². The highest BCUT2D eigenvalue weighted by Gasteiger charge is 2.46. The molecular formula is C40H73N5O16. The van der Waals surface area contributed by atoms with E-state index in [9.17, 15) is 54.6 Å². The van der Waals surface area contributed by atoms with E-state index in [1.165, 1.54) is 13.8 Å². The fourth-order valence-corrected chi connectivity index (χ4v) is 7.01. The van der Waals surface area contributed by atoms with E-state index in [0.29, 0.717) is 64.6 Å². The maximum absolute atomic E-state index is 13.0. The first kappa shape index (κ1) is 54.0. The van der Waals surface area contributed by atoms with Gasteiger partial charge in [-0.05, 0) is 57.8 Å². The zero-order chi connectivity index (χ0) is 45.2. The van der Waals surface area contributed by atoms with Crippen LogP contribution in [0.3, 0.4) is 0 Å². The van der Waals surface area contributed by atoms with Gasteiger partial charge in [-0.15, -0.1) is 0 Å². The molecule has 2 aliphatic rings. The van der Waals surface area contributed by atoms with Gasteiger partial charge in [-0.2, -0.15) is 0 Å². The highest BCUT2D eigenvalue weighted by atomic mass is 16.7. The van der Waals surface area contributed by atoms with Crippen molar-refractivity contribution in [3.63, 3.8) is 0 Å². The van der Waals surface area contributed by atoms with Crippen molar-refractivity contribution in [2.75, 3.05) is 53.2 Å². The maximum Gasteiger partial charge on any atom is 0.222 e. The number of nitrogens with one attached hydrogen (secondary N) is 5. The summed E-state index contributed by atoms with van der Waals surface area (Å²) in [5.74, 6) is -1.52. The molecule has 0 radical (unpaired) electrons. The van der Waals surface area contributed by atoms with Gasteiger partial charge < -0.3 is 80.9 Å². The van der Waals surface area contributed by atoms with Crippen molar-refractivity contribution < 1.29 is 78.3 Å². The van der Waals surface area contributed by atoms with E-state index in [1.807, 2.05) is 0 Å². The molecule has 0 aliphatic carbocycles. The first-order chi connectivity index (χ1) is 29.2. The minimum Gasteiger partial charge on any atom is -0.394 e. The first-order valence-corrected chi connectivity index (χ1v) is 21.6. The van der Waals surface area contributed by atoms with Gasteiger partial charge in [0.15, 0.2) is 12.6 Å². The Morgan fingerprint density at radius 2 is 1.03 bits per heavy atom. The Morgan fingerprint density at radius 3 is 1.52 bits per heavy atom. The second-order valence-electron chi connectivity index (χ2n) is 15.6. The van der Waals surface area contributed by atoms with Crippen LogP contribution in [0.4, 0.5) is 0 Å². The standard InChI is InChI=1S/C40H73N5O16/c1-25(48)43-33-37(55)35(53)28(23-46)60-39(33)58-20-12-7-15-30(50)41-18-10-6-14-27(22-32(52)42-17-9-4-5-11-19-57-3)45-31(51)16-8-13-21-59-40-34(44-26(2)49)38(56)36(54)29(24-47)61-40/h27-29,33-40,46-47,53-56H,4-24H2,1-3H3,(H,41,50)(H,42,52)(H,43,48)(H,44,49)(H,45,51)/t27-,28?,29?,33?,34?,35+,36+,37+,38+,39+,40+/m0/s1. The number of rotatable bonds is 31. The van der Waals surface area contributed by atoms with Crippen LogP contribution in [0.5, 0.6) is 0 Å². The molecule has 0 saturated carbocycles. The van der Waals surface area contributed by atoms with E-state index in [0.717, 1.165) is 25.7 Å². The van der Waals surface area contributed by atoms with Crippen LogP contribution in [-0.2, 0) is 47.7 Å². The lowest BCUT2D eigenvalue weighted by molar-refractivity contribution is -0.270. The van der Waals surface area contributed by atoms with Crippen molar-refractivity contribution in [1.82, 2.24) is 26.6 Å². The normalized spacial score (nSPS) is 26.8. The second kappa shape index (κ2) is 30.9. The van der Waals surface area contributed by atoms with Crippen LogP contribution in [0, 0.1) is 0 Å². The van der Waals surface area contributed by atoms with E-state index in [1.54, 1.807) is 7.11 Å². The van der Waals surface area contributed by atoms with Crippen LogP contribution >= 0.6 is 0 Å². The number of ether oxygens (including phenoxy) is 5. The van der Waals surface area contributed by atoms with Gasteiger partial charge in [-0.3, -0.25) is 24.0 Å². The summed E-state index contributed by atoms with van der Waals surface area (Å²) in [6, 6.07) is -2.54. The number of carbonyl (C=O) groups is 5. The highest BCUT2D eigenvalue weighted by Crippen LogP contribution is 2.24. The molecule has 0 aromatic rings. The van der Waals surface area contributed by atoms with Crippen LogP contribution < -0.4 is 26.6 Å². The molecule has 2 rings (SSSR count). The lowest BCUT2D eigenvalue weighted by Crippen LogP contribution is -2.64. The number of hydrogen-bond acceptors (Lipinski definition) is 16. The van der Waals surface area contributed by atoms with Gasteiger partial charge in [-0.25, -0.2) is 0 Å². The molecular weight excluding hydrogens is 806 g/mol. The fourth-order valence-electron chi connectivity index (χ4n) is 7.01. The number of amides is 5. The summed E-state index contributed by atoms with van der Waals surface area (Å²) >= 11 is 0. The van der Waals surface area contributed by atoms with Gasteiger partial charge in [-0.1, -0.05) is 12.8 Å². The number of carbonyl (C=O) groups excluding carboxylic acids is 5. The van der Waals surface area contributed by atoms with Gasteiger partial charge >= 0.3 is 0 Å². The molecule has 4 unspecified atom stereocenters. The third-order valence-electron chi connectivity index (χ3n) is 10.4. The van der Waals surface area contributed by atoms with E-state index in [-0.39, 0.29) is 50.2 Å². The molecule has 0 bridgehead atoms. The lowest BCUT2D eigenvalue weighted by atomic mass is 9.97. The molecule has 5 amide bonds. The predicted octanol–water partition coefficient (Wildman–Crippen LogP) is -2.27. The number of aliphatic hydroxyl groups is 6. The molecule has 2 aliphatic heterocycles. The van der Waals surface area contributed by atoms with E-state index in [2.05, 4.69) is 26.6 Å². The Morgan fingerprint density at radius 1 is 0.574 bits per heavy atom. The molecule has 354 valence electrons. The number of aliphatic hydroxyl groups excluding tert-OH is 6. The van der Waals surface area contributed by atoms with E-state index >= 15 is 0 Å². The number of methoxy groups -OCH3 is 1. The summed E-state index contributed by atoms with van der Waals surface area (Å²) in [4.78, 5) is 61.6. The Hall–Kier alpha value is -3.09. The minimum atomic E-state index is -1.43. The average molecular weight is 880 g/mol. The van der Waals surface area contributed by atoms with Crippen molar-refractivity contribution >= 4 is 29.5 Å². The van der Waals surface area contributed by atoms with Crippen LogP contribution in [0.15, 0.2) is 0 Å². The molecule has 2 heterocycles. The van der Waals surface area contributed by atoms with Crippen LogP contribution in [0.1, 0.15) is 104 Å². The lowest BCUT2D eigenvalue weighted by Gasteiger charge is -2.42. The smallest absolute Gasteiger partial charge is 0.222 e. The third-order valence-corrected chi connectivity index (χ3v) is 10.4. The zero-order valence-corrected chi connectivity index (χ0v) is 36.0. The SMILES string of the molecule is COCCCCCCNC(=O)C[C@H](CCCCNC(=O)CCCCO[C@@H]1OC(CO)[C@@H](O)[C@H](O)C1NC(C)=O)NC(=O)CCCCO[C@@H]1OC(CO)[C@@H](O)[C@H](O)C1NC(C)=O. The maximum atomic E-state index is 13.0. The summed E-state index contributed by atoms with van der Waals surface area (Å²) in [5.41, 5.74) is 0. The van der Waals surface area contributed by atoms with Crippen LogP contribution in [-0.4, -0.2) is 181 Å². The Bertz CT molecular complexity index is 1290. The van der Waals surface area contributed by atoms with Crippen LogP contribution in [0.2, 0.25) is 0 Å². The third kappa shape index (κ3) is 21.2. The predicted molar refractivity (Wildman–Crippen MR) is 217 cm³/mol. The van der Waals surface area contributed by atoms with E-state index < -0.39 is 92.4 Å². The van der Waals surface area contributed by atoms with Crippen molar-refractivity contribution in [2.24, 2.45) is 0 Å². The quantitative estimate of drug-likeness (QED) is 0.0327. The average Bonchev–Trinajstić information content (AvgIpc) is 3.21. The molecule has 21 heteroatoms. The summed E-state index contributed by atoms with van der Waals surface area (Å²) in [6.07, 6.45) is -2.42. The largest absolute Gasteiger partial charge is 0.394 e. The number of hydrogen-bond donors (Lipinski definition) is 11. The Kier molecular flexibility index (Phi) is 27.4. The molecule has 61 heavy (non-hydrogen) atoms. The fraction of sp³-hybridized carbons (Fsp3) is 0.875. The zero-order valence-electron chi connectivity index (χ0n) is 36.0. The summed E-state index contributed by atoms with van der Waals surface area (Å²) in [6.45, 7) is 3.23. The molecule has 0 spiro atoms. The second-order valence-corrected chi connectivity index (χ2v) is 15.6. The molecule has 11 N–H and O–H groups in total. The molecule has 2 saturated heterocycles. The molecule has 11 atom stereocenters. The Labute approximate surface area is 358 Å². The minimum absolute atomic E-state index is 0.0916. The van der Waals surface area contributed by atoms with Crippen molar-refractivity contribution in [3.8, 4) is 0 Å². The van der Waals surface area contributed by atoms with Gasteiger partial charge in [0.1, 0.15) is 48.7 Å². The van der Waals surface area contributed by atoms with Gasteiger partial charge in [0.25, 0.3) is 0 Å². The molecule has 2 fully saturated rings. The van der Waals surface area contributed by atoms with Gasteiger partial charge in [0.2, 0.25) is 29.5 Å². The van der Waals surface area contributed by atoms with Crippen LogP contribution in [0.25, 0.3) is 0 Å². The monoisotopic (exact) mass is 880 g/mol. The highest BCUT2D eigenvalue weighted by molar-refractivity contribution is 5.79. The topological polar surface area (TPSA) is 313 Å². The van der Waals surface area contributed by atoms with Gasteiger partial charge in [0.05, 0.1) is 13.2 Å². The molecule has 21 nitrogen and oxygen atoms in total. The summed E-state index contributed by atoms with van der Waals surface area (Å²) in [5, 5.41) is 73.9. The van der Waals surface area contributed by atoms with E-state index in [4.69, 9.17) is 23.7 Å². The number of unbranched alkanes of at least 4 members (excludes halogenated alkanes) is 6.